The maximum absolute atomic E-state index is 12.5. The van der Waals surface area contributed by atoms with Gasteiger partial charge in [-0.25, -0.2) is 0 Å². The monoisotopic (exact) mass is 287 g/mol. The van der Waals surface area contributed by atoms with Crippen LogP contribution in [0, 0.1) is 0 Å². The normalized spacial score (nSPS) is 19.4. The van der Waals surface area contributed by atoms with Crippen molar-refractivity contribution < 1.29 is 17.9 Å². The molecular formula is C15H20F3NO. The third-order valence-corrected chi connectivity index (χ3v) is 4.11. The molecule has 2 rings (SSSR count). The van der Waals surface area contributed by atoms with Gasteiger partial charge >= 0.3 is 6.18 Å². The predicted octanol–water partition coefficient (Wildman–Crippen LogP) is 3.53. The summed E-state index contributed by atoms with van der Waals surface area (Å²) in [6, 6.07) is 5.13. The van der Waals surface area contributed by atoms with Crippen molar-refractivity contribution in [3.63, 3.8) is 0 Å². The molecule has 1 unspecified atom stereocenters. The van der Waals surface area contributed by atoms with Crippen LogP contribution in [0.5, 0.6) is 0 Å². The molecule has 112 valence electrons. The lowest BCUT2D eigenvalue weighted by atomic mass is 9.75. The highest BCUT2D eigenvalue weighted by atomic mass is 19.4. The molecule has 1 fully saturated rings. The minimum absolute atomic E-state index is 0.0908. The molecule has 0 spiro atoms. The topological polar surface area (TPSA) is 35.2 Å². The average molecular weight is 287 g/mol. The maximum Gasteiger partial charge on any atom is 0.416 e. The molecule has 0 aliphatic heterocycles. The first-order chi connectivity index (χ1) is 9.35. The molecule has 1 aromatic carbocycles. The van der Waals surface area contributed by atoms with E-state index in [0.29, 0.717) is 6.42 Å². The second kappa shape index (κ2) is 5.74. The van der Waals surface area contributed by atoms with E-state index in [1.165, 1.54) is 12.1 Å². The molecule has 5 heteroatoms. The number of methoxy groups -OCH3 is 1. The van der Waals surface area contributed by atoms with Crippen LogP contribution in [0.4, 0.5) is 13.2 Å². The summed E-state index contributed by atoms with van der Waals surface area (Å²) < 4.78 is 42.9. The smallest absolute Gasteiger partial charge is 0.378 e. The van der Waals surface area contributed by atoms with Crippen LogP contribution in [0.2, 0.25) is 0 Å². The summed E-state index contributed by atoms with van der Waals surface area (Å²) in [7, 11) is 1.70. The molecule has 1 atom stereocenters. The molecule has 20 heavy (non-hydrogen) atoms. The average Bonchev–Trinajstić information content (AvgIpc) is 2.33. The van der Waals surface area contributed by atoms with E-state index < -0.39 is 11.7 Å². The van der Waals surface area contributed by atoms with Crippen molar-refractivity contribution in [1.82, 2.24) is 0 Å². The second-order valence-electron chi connectivity index (χ2n) is 5.60. The van der Waals surface area contributed by atoms with Crippen molar-refractivity contribution >= 4 is 0 Å². The van der Waals surface area contributed by atoms with Crippen LogP contribution in [0.1, 0.15) is 36.8 Å². The van der Waals surface area contributed by atoms with Crippen molar-refractivity contribution in [3.8, 4) is 0 Å². The van der Waals surface area contributed by atoms with E-state index in [0.717, 1.165) is 43.4 Å². The molecule has 1 aromatic rings. The van der Waals surface area contributed by atoms with Crippen molar-refractivity contribution in [2.45, 2.75) is 49.9 Å². The molecule has 0 radical (unpaired) electrons. The zero-order chi connectivity index (χ0) is 14.8. The summed E-state index contributed by atoms with van der Waals surface area (Å²) in [6.45, 7) is 0. The molecule has 0 saturated heterocycles. The summed E-state index contributed by atoms with van der Waals surface area (Å²) in [5, 5.41) is 0. The molecule has 0 aromatic heterocycles. The fraction of sp³-hybridized carbons (Fsp3) is 0.600. The van der Waals surface area contributed by atoms with Crippen LogP contribution < -0.4 is 5.73 Å². The summed E-state index contributed by atoms with van der Waals surface area (Å²) in [4.78, 5) is 0. The van der Waals surface area contributed by atoms with Crippen molar-refractivity contribution in [2.24, 2.45) is 5.73 Å². The van der Waals surface area contributed by atoms with Crippen molar-refractivity contribution in [3.05, 3.63) is 35.4 Å². The van der Waals surface area contributed by atoms with Gasteiger partial charge in [-0.2, -0.15) is 13.2 Å². The van der Waals surface area contributed by atoms with E-state index >= 15 is 0 Å². The number of alkyl halides is 3. The Balaban J connectivity index is 1.93. The van der Waals surface area contributed by atoms with Crippen molar-refractivity contribution in [2.75, 3.05) is 7.11 Å². The van der Waals surface area contributed by atoms with E-state index in [2.05, 4.69) is 0 Å². The van der Waals surface area contributed by atoms with Gasteiger partial charge < -0.3 is 10.5 Å². The first-order valence-corrected chi connectivity index (χ1v) is 6.81. The van der Waals surface area contributed by atoms with E-state index in [1.54, 1.807) is 7.11 Å². The van der Waals surface area contributed by atoms with Gasteiger partial charge in [0.2, 0.25) is 0 Å². The quantitative estimate of drug-likeness (QED) is 0.899. The van der Waals surface area contributed by atoms with Gasteiger partial charge in [-0.3, -0.25) is 0 Å². The third kappa shape index (κ3) is 3.52. The largest absolute Gasteiger partial charge is 0.416 e. The first-order valence-electron chi connectivity index (χ1n) is 6.81. The number of benzene rings is 1. The predicted molar refractivity (Wildman–Crippen MR) is 71.3 cm³/mol. The summed E-state index contributed by atoms with van der Waals surface area (Å²) in [5.41, 5.74) is 6.20. The van der Waals surface area contributed by atoms with Gasteiger partial charge in [0.25, 0.3) is 0 Å². The zero-order valence-electron chi connectivity index (χ0n) is 11.5. The highest BCUT2D eigenvalue weighted by Gasteiger charge is 2.38. The fourth-order valence-corrected chi connectivity index (χ4v) is 2.75. The van der Waals surface area contributed by atoms with Gasteiger partial charge in [0.1, 0.15) is 0 Å². The van der Waals surface area contributed by atoms with E-state index in [-0.39, 0.29) is 11.6 Å². The minimum Gasteiger partial charge on any atom is -0.378 e. The summed E-state index contributed by atoms with van der Waals surface area (Å²) in [5.74, 6) is 0. The minimum atomic E-state index is -4.29. The molecule has 0 bridgehead atoms. The fourth-order valence-electron chi connectivity index (χ4n) is 2.75. The van der Waals surface area contributed by atoms with Crippen LogP contribution >= 0.6 is 0 Å². The van der Waals surface area contributed by atoms with E-state index in [4.69, 9.17) is 10.5 Å². The lowest BCUT2D eigenvalue weighted by molar-refractivity contribution is -0.137. The van der Waals surface area contributed by atoms with Crippen LogP contribution in [-0.2, 0) is 17.3 Å². The molecule has 1 aliphatic carbocycles. The van der Waals surface area contributed by atoms with Crippen LogP contribution in [-0.4, -0.2) is 18.8 Å². The Morgan fingerprint density at radius 3 is 2.25 bits per heavy atom. The number of halogens is 3. The Kier molecular flexibility index (Phi) is 4.39. The Bertz CT molecular complexity index is 432. The first kappa shape index (κ1) is 15.3. The van der Waals surface area contributed by atoms with E-state index in [1.807, 2.05) is 0 Å². The van der Waals surface area contributed by atoms with Gasteiger partial charge in [-0.15, -0.1) is 0 Å². The van der Waals surface area contributed by atoms with Crippen LogP contribution in [0.25, 0.3) is 0 Å². The highest BCUT2D eigenvalue weighted by molar-refractivity contribution is 5.25. The Morgan fingerprint density at radius 2 is 1.85 bits per heavy atom. The van der Waals surface area contributed by atoms with Gasteiger partial charge in [-0.05, 0) is 49.8 Å². The number of hydrogen-bond donors (Lipinski definition) is 1. The Labute approximate surface area is 117 Å². The van der Waals surface area contributed by atoms with Crippen molar-refractivity contribution in [1.29, 1.82) is 0 Å². The van der Waals surface area contributed by atoms with Crippen LogP contribution in [0.15, 0.2) is 24.3 Å². The van der Waals surface area contributed by atoms with Gasteiger partial charge in [0.15, 0.2) is 0 Å². The van der Waals surface area contributed by atoms with Gasteiger partial charge in [0, 0.05) is 13.2 Å². The molecule has 1 saturated carbocycles. The van der Waals surface area contributed by atoms with Crippen LogP contribution in [0.3, 0.4) is 0 Å². The Morgan fingerprint density at radius 1 is 1.25 bits per heavy atom. The number of hydrogen-bond acceptors (Lipinski definition) is 2. The zero-order valence-corrected chi connectivity index (χ0v) is 11.5. The highest BCUT2D eigenvalue weighted by Crippen LogP contribution is 2.39. The molecule has 2 N–H and O–H groups in total. The molecular weight excluding hydrogens is 267 g/mol. The maximum atomic E-state index is 12.5. The SMILES string of the molecule is COC1(CC(N)Cc2ccc(C(F)(F)F)cc2)CCC1. The molecule has 0 amide bonds. The Hall–Kier alpha value is -1.07. The molecule has 2 nitrogen and oxygen atoms in total. The second-order valence-corrected chi connectivity index (χ2v) is 5.60. The summed E-state index contributed by atoms with van der Waals surface area (Å²) in [6.07, 6.45) is 0.232. The third-order valence-electron chi connectivity index (χ3n) is 4.11. The number of ether oxygens (including phenoxy) is 1. The lowest BCUT2D eigenvalue weighted by Crippen LogP contribution is -2.44. The number of rotatable bonds is 5. The van der Waals surface area contributed by atoms with E-state index in [9.17, 15) is 13.2 Å². The number of nitrogens with two attached hydrogens (primary N) is 1. The standard InChI is InChI=1S/C15H20F3NO/c1-20-14(7-2-8-14)10-13(19)9-11-3-5-12(6-4-11)15(16,17)18/h3-6,13H,2,7-10,19H2,1H3. The summed E-state index contributed by atoms with van der Waals surface area (Å²) >= 11 is 0. The van der Waals surface area contributed by atoms with Gasteiger partial charge in [0.05, 0.1) is 11.2 Å². The molecule has 1 aliphatic rings. The lowest BCUT2D eigenvalue weighted by Gasteiger charge is -2.42. The molecule has 0 heterocycles. The van der Waals surface area contributed by atoms with Gasteiger partial charge in [-0.1, -0.05) is 12.1 Å².